The van der Waals surface area contributed by atoms with Crippen LogP contribution in [0.3, 0.4) is 0 Å². The fraction of sp³-hybridized carbons (Fsp3) is 0.500. The Kier molecular flexibility index (Phi) is 5.73. The number of rotatable bonds is 9. The minimum Gasteiger partial charge on any atom is -0.481 e. The molecule has 1 aromatic heterocycles. The number of fused-ring (bicyclic) bond motifs is 1. The number of anilines is 1. The third-order valence-corrected chi connectivity index (χ3v) is 5.37. The molecule has 2 N–H and O–H groups in total. The van der Waals surface area contributed by atoms with Gasteiger partial charge in [0.25, 0.3) is 0 Å². The fourth-order valence-corrected chi connectivity index (χ4v) is 3.20. The molecule has 0 saturated heterocycles. The molecule has 0 aliphatic carbocycles. The molecule has 2 aromatic rings. The van der Waals surface area contributed by atoms with Gasteiger partial charge in [0.05, 0.1) is 5.69 Å². The van der Waals surface area contributed by atoms with Gasteiger partial charge in [-0.15, -0.1) is 0 Å². The van der Waals surface area contributed by atoms with Crippen LogP contribution in [0.15, 0.2) is 21.7 Å². The van der Waals surface area contributed by atoms with Gasteiger partial charge in [0, 0.05) is 27.1 Å². The number of carbonyl (C=O) groups is 1. The maximum Gasteiger partial charge on any atom is 0.303 e. The van der Waals surface area contributed by atoms with Crippen molar-refractivity contribution >= 4 is 32.7 Å². The van der Waals surface area contributed by atoms with E-state index in [-0.39, 0.29) is 16.8 Å². The average Bonchev–Trinajstić information content (AvgIpc) is 2.99. The number of hydrogen-bond acceptors (Lipinski definition) is 7. The molecule has 1 heterocycles. The van der Waals surface area contributed by atoms with E-state index < -0.39 is 16.0 Å². The number of hydrogen-bond donors (Lipinski definition) is 2. The molecule has 0 unspecified atom stereocenters. The van der Waals surface area contributed by atoms with Crippen LogP contribution in [0, 0.1) is 0 Å². The molecule has 0 amide bonds. The lowest BCUT2D eigenvalue weighted by Gasteiger charge is -2.12. The Hall–Kier alpha value is -2.20. The van der Waals surface area contributed by atoms with Crippen molar-refractivity contribution in [1.82, 2.24) is 14.6 Å². The maximum absolute atomic E-state index is 12.3. The Morgan fingerprint density at radius 1 is 1.21 bits per heavy atom. The molecule has 10 heteroatoms. The highest BCUT2D eigenvalue weighted by atomic mass is 32.2. The normalized spacial score (nSPS) is 12.0. The second-order valence-electron chi connectivity index (χ2n) is 5.49. The molecule has 0 spiro atoms. The lowest BCUT2D eigenvalue weighted by atomic mass is 10.2. The molecule has 132 valence electrons. The van der Waals surface area contributed by atoms with E-state index in [2.05, 4.69) is 15.6 Å². The molecule has 2 rings (SSSR count). The molecule has 0 aliphatic rings. The molecule has 9 nitrogen and oxygen atoms in total. The van der Waals surface area contributed by atoms with Crippen LogP contribution >= 0.6 is 0 Å². The molecule has 24 heavy (non-hydrogen) atoms. The Balaban J connectivity index is 2.09. The van der Waals surface area contributed by atoms with Crippen molar-refractivity contribution in [2.24, 2.45) is 0 Å². The summed E-state index contributed by atoms with van der Waals surface area (Å²) in [5.74, 6) is -0.795. The van der Waals surface area contributed by atoms with Crippen LogP contribution in [0.5, 0.6) is 0 Å². The zero-order chi connectivity index (χ0) is 17.7. The maximum atomic E-state index is 12.3. The van der Waals surface area contributed by atoms with Crippen LogP contribution in [0.4, 0.5) is 5.69 Å². The smallest absolute Gasteiger partial charge is 0.303 e. The van der Waals surface area contributed by atoms with Crippen molar-refractivity contribution in [2.75, 3.05) is 26.0 Å². The first-order chi connectivity index (χ1) is 11.3. The lowest BCUT2D eigenvalue weighted by Crippen LogP contribution is -2.22. The van der Waals surface area contributed by atoms with E-state index in [0.29, 0.717) is 24.2 Å². The summed E-state index contributed by atoms with van der Waals surface area (Å²) in [6, 6.07) is 3.09. The summed E-state index contributed by atoms with van der Waals surface area (Å²) >= 11 is 0. The summed E-state index contributed by atoms with van der Waals surface area (Å²) in [6.45, 7) is 0.612. The summed E-state index contributed by atoms with van der Waals surface area (Å²) in [4.78, 5) is 10.5. The van der Waals surface area contributed by atoms with E-state index in [9.17, 15) is 13.2 Å². The number of benzene rings is 1. The second-order valence-corrected chi connectivity index (χ2v) is 7.61. The Bertz CT molecular complexity index is 816. The SMILES string of the molecule is CN(C)S(=O)(=O)c1ccc(NCCCCCC(=O)O)c2nonc12. The molecule has 0 aliphatic heterocycles. The zero-order valence-electron chi connectivity index (χ0n) is 13.5. The van der Waals surface area contributed by atoms with Gasteiger partial charge in [-0.25, -0.2) is 17.4 Å². The molecule has 0 fully saturated rings. The quantitative estimate of drug-likeness (QED) is 0.648. The number of aliphatic carboxylic acids is 1. The number of nitrogens with zero attached hydrogens (tertiary/aromatic N) is 3. The predicted molar refractivity (Wildman–Crippen MR) is 87.3 cm³/mol. The van der Waals surface area contributed by atoms with Crippen molar-refractivity contribution < 1.29 is 22.9 Å². The molecule has 0 radical (unpaired) electrons. The van der Waals surface area contributed by atoms with Crippen molar-refractivity contribution in [1.29, 1.82) is 0 Å². The molecule has 1 aromatic carbocycles. The van der Waals surface area contributed by atoms with Crippen molar-refractivity contribution in [3.05, 3.63) is 12.1 Å². The van der Waals surface area contributed by atoms with Gasteiger partial charge >= 0.3 is 5.97 Å². The fourth-order valence-electron chi connectivity index (χ4n) is 2.19. The first-order valence-electron chi connectivity index (χ1n) is 7.47. The van der Waals surface area contributed by atoms with E-state index in [1.807, 2.05) is 0 Å². The number of sulfonamides is 1. The van der Waals surface area contributed by atoms with E-state index in [1.165, 1.54) is 20.2 Å². The second kappa shape index (κ2) is 7.58. The third-order valence-electron chi connectivity index (χ3n) is 3.52. The predicted octanol–water partition coefficient (Wildman–Crippen LogP) is 1.53. The number of carboxylic acid groups (broad SMARTS) is 1. The van der Waals surface area contributed by atoms with Gasteiger partial charge in [0.15, 0.2) is 11.0 Å². The first kappa shape index (κ1) is 18.1. The van der Waals surface area contributed by atoms with Crippen molar-refractivity contribution in [3.63, 3.8) is 0 Å². The van der Waals surface area contributed by atoms with Crippen LogP contribution in [-0.4, -0.2) is 54.8 Å². The molecule has 0 bridgehead atoms. The van der Waals surface area contributed by atoms with Crippen LogP contribution < -0.4 is 5.32 Å². The monoisotopic (exact) mass is 356 g/mol. The third kappa shape index (κ3) is 4.01. The van der Waals surface area contributed by atoms with E-state index in [4.69, 9.17) is 9.74 Å². The molecular formula is C14H20N4O5S. The zero-order valence-corrected chi connectivity index (χ0v) is 14.3. The minimum atomic E-state index is -3.64. The van der Waals surface area contributed by atoms with Crippen LogP contribution in [0.2, 0.25) is 0 Å². The van der Waals surface area contributed by atoms with Gasteiger partial charge in [0.2, 0.25) is 10.0 Å². The Morgan fingerprint density at radius 3 is 2.58 bits per heavy atom. The van der Waals surface area contributed by atoms with Gasteiger partial charge < -0.3 is 10.4 Å². The summed E-state index contributed by atoms with van der Waals surface area (Å²) in [5.41, 5.74) is 1.16. The number of carboxylic acids is 1. The molecule has 0 saturated carbocycles. The standard InChI is InChI=1S/C14H20N4O5S/c1-18(2)24(21,22)11-8-7-10(13-14(11)17-23-16-13)15-9-5-3-4-6-12(19)20/h7-8,15H,3-6,9H2,1-2H3,(H,19,20). The molecule has 0 atom stereocenters. The van der Waals surface area contributed by atoms with Crippen LogP contribution in [0.1, 0.15) is 25.7 Å². The summed E-state index contributed by atoms with van der Waals surface area (Å²) in [5, 5.41) is 19.2. The first-order valence-corrected chi connectivity index (χ1v) is 8.91. The topological polar surface area (TPSA) is 126 Å². The van der Waals surface area contributed by atoms with E-state index in [0.717, 1.165) is 17.1 Å². The van der Waals surface area contributed by atoms with Gasteiger partial charge in [-0.3, -0.25) is 4.79 Å². The summed E-state index contributed by atoms with van der Waals surface area (Å²) in [6.07, 6.45) is 2.36. The van der Waals surface area contributed by atoms with Gasteiger partial charge in [-0.05, 0) is 35.3 Å². The minimum absolute atomic E-state index is 0.0377. The number of unbranched alkanes of at least 4 members (excludes halogenated alkanes) is 2. The lowest BCUT2D eigenvalue weighted by molar-refractivity contribution is -0.137. The largest absolute Gasteiger partial charge is 0.481 e. The summed E-state index contributed by atoms with van der Waals surface area (Å²) in [7, 11) is -0.759. The van der Waals surface area contributed by atoms with Crippen molar-refractivity contribution in [3.8, 4) is 0 Å². The van der Waals surface area contributed by atoms with Crippen molar-refractivity contribution in [2.45, 2.75) is 30.6 Å². The Morgan fingerprint density at radius 2 is 1.92 bits per heavy atom. The molecular weight excluding hydrogens is 336 g/mol. The average molecular weight is 356 g/mol. The van der Waals surface area contributed by atoms with Gasteiger partial charge in [-0.1, -0.05) is 6.42 Å². The highest BCUT2D eigenvalue weighted by Gasteiger charge is 2.24. The Labute approximate surface area is 139 Å². The van der Waals surface area contributed by atoms with E-state index in [1.54, 1.807) is 6.07 Å². The summed E-state index contributed by atoms with van der Waals surface area (Å²) < 4.78 is 30.4. The highest BCUT2D eigenvalue weighted by molar-refractivity contribution is 7.89. The number of nitrogens with one attached hydrogen (secondary N) is 1. The highest BCUT2D eigenvalue weighted by Crippen LogP contribution is 2.28. The van der Waals surface area contributed by atoms with Crippen LogP contribution in [0.25, 0.3) is 11.0 Å². The number of aromatic nitrogens is 2. The van der Waals surface area contributed by atoms with Gasteiger partial charge in [0.1, 0.15) is 4.90 Å². The van der Waals surface area contributed by atoms with E-state index >= 15 is 0 Å². The van der Waals surface area contributed by atoms with Gasteiger partial charge in [-0.2, -0.15) is 0 Å². The van der Waals surface area contributed by atoms with Crippen LogP contribution in [-0.2, 0) is 14.8 Å².